The van der Waals surface area contributed by atoms with Crippen LogP contribution in [0.5, 0.6) is 0 Å². The average molecular weight is 1320 g/mol. The smallest absolute Gasteiger partial charge is 0.146 e. The molecule has 0 aromatic heterocycles. The van der Waals surface area contributed by atoms with Gasteiger partial charge in [-0.1, -0.05) is 258 Å². The minimum atomic E-state index is -1.93. The quantitative estimate of drug-likeness (QED) is 0.0784. The summed E-state index contributed by atoms with van der Waals surface area (Å²) in [5, 5.41) is 10.7. The van der Waals surface area contributed by atoms with Gasteiger partial charge in [0, 0.05) is 140 Å². The van der Waals surface area contributed by atoms with E-state index in [2.05, 4.69) is 330 Å². The molecule has 12 aliphatic rings. The molecule has 16 rings (SSSR count). The highest BCUT2D eigenvalue weighted by molar-refractivity contribution is 6.90. The number of benzene rings is 4. The van der Waals surface area contributed by atoms with Crippen LogP contribution >= 0.6 is 0 Å². The standard InChI is InChI=1S/C97H87N3Si/c1-9-100(10-2)99-98-81-44-35-80(36-45-81)43-51-87-86(94-58-15-16-59-95(87,94)67-21-66-94)50-41-77-29-27-76(28-30-77)39-47-83-82(90-54-11-12-55-91(83,90)63-19-62-90)46-37-74-23-25-75(26-24-74)38-48-84-85(93-57-14-13-56-92(84,93)64-20-65-93)49-40-78-31-33-79(34-32-78)42-52-88-89(53-70-101(71(3)4,72(5)6)73(7)8)97-61-18-17-60-96(88,97)68-22-69-97/h11-18,23-36,44-45,54-61,71-73H,9-10,19-22,62-69H2,1-8H3/t90-,91+,92+,93-,94+,95-,96+,97-/m1/s1. The van der Waals surface area contributed by atoms with Crippen LogP contribution in [0.4, 0.5) is 5.69 Å². The van der Waals surface area contributed by atoms with E-state index in [1.54, 1.807) is 0 Å². The van der Waals surface area contributed by atoms with Gasteiger partial charge in [0.05, 0.1) is 5.69 Å². The van der Waals surface area contributed by atoms with Crippen molar-refractivity contribution in [1.82, 2.24) is 5.01 Å². The Morgan fingerprint density at radius 3 is 0.693 bits per heavy atom. The highest BCUT2D eigenvalue weighted by Crippen LogP contribution is 2.75. The Morgan fingerprint density at radius 1 is 0.297 bits per heavy atom. The molecular formula is C97H87N3Si. The molecule has 0 unspecified atom stereocenters. The number of hydrogen-bond acceptors (Lipinski definition) is 2. The van der Waals surface area contributed by atoms with E-state index in [0.717, 1.165) is 156 Å². The molecule has 0 saturated heterocycles. The highest BCUT2D eigenvalue weighted by atomic mass is 28.3. The second kappa shape index (κ2) is 25.2. The van der Waals surface area contributed by atoms with E-state index in [0.29, 0.717) is 16.6 Å². The lowest BCUT2D eigenvalue weighted by molar-refractivity contribution is 0.232. The second-order valence-electron chi connectivity index (χ2n) is 31.1. The van der Waals surface area contributed by atoms with Gasteiger partial charge in [0.2, 0.25) is 0 Å². The maximum absolute atomic E-state index is 4.43. The van der Waals surface area contributed by atoms with Crippen LogP contribution in [0, 0.1) is 138 Å². The first-order valence-corrected chi connectivity index (χ1v) is 39.7. The number of hydrogen-bond donors (Lipinski definition) is 0. The summed E-state index contributed by atoms with van der Waals surface area (Å²) in [5.74, 6) is 55.1. The molecule has 0 amide bonds. The van der Waals surface area contributed by atoms with E-state index in [4.69, 9.17) is 0 Å². The Bertz CT molecular complexity index is 5160. The van der Waals surface area contributed by atoms with Crippen molar-refractivity contribution in [3.8, 4) is 94.4 Å². The van der Waals surface area contributed by atoms with Crippen LogP contribution in [0.1, 0.15) is 171 Å². The molecule has 4 fully saturated rings. The Balaban J connectivity index is 0.640. The number of nitrogens with zero attached hydrogens (tertiary/aromatic N) is 3. The van der Waals surface area contributed by atoms with Gasteiger partial charge in [-0.15, -0.1) is 10.7 Å². The summed E-state index contributed by atoms with van der Waals surface area (Å²) in [4.78, 5) is 0. The zero-order valence-corrected chi connectivity index (χ0v) is 60.9. The fraction of sp³-hybridized carbons (Fsp3) is 0.340. The zero-order valence-electron chi connectivity index (χ0n) is 59.9. The Morgan fingerprint density at radius 2 is 0.495 bits per heavy atom. The molecule has 0 bridgehead atoms. The predicted molar refractivity (Wildman–Crippen MR) is 416 cm³/mol. The van der Waals surface area contributed by atoms with E-state index in [1.807, 2.05) is 29.3 Å². The third kappa shape index (κ3) is 9.81. The van der Waals surface area contributed by atoms with Crippen molar-refractivity contribution in [2.24, 2.45) is 53.7 Å². The molecule has 0 radical (unpaired) electrons. The molecule has 101 heavy (non-hydrogen) atoms. The SMILES string of the molecule is CCN(CC)N=Nc1ccc(C#CC2=C(C#Cc3ccc(C#CC4=C(C#Cc5ccc(C#CC6=C(C#Cc7ccc(C#CC8=C(C#C[Si](C(C)C)(C(C)C)C(C)C)[C@]9%10C=CC=C[C@]89CCC%10)cc7)[C@]78C=CC=C[C@]67CCC8)cc5)[C@]56C=CC=C[C@]45CCC6)cc3)[C@@]34C=CC=C[C@@]23CCC4)cc1. The van der Waals surface area contributed by atoms with Crippen LogP contribution in [-0.4, -0.2) is 26.2 Å². The van der Waals surface area contributed by atoms with Gasteiger partial charge in [0.25, 0.3) is 0 Å². The second-order valence-corrected chi connectivity index (χ2v) is 36.6. The average Bonchev–Trinajstić information content (AvgIpc) is 1.63. The summed E-state index contributed by atoms with van der Waals surface area (Å²) in [6, 6.07) is 33.6. The van der Waals surface area contributed by atoms with Gasteiger partial charge in [-0.25, -0.2) is 0 Å². The molecule has 3 nitrogen and oxygen atoms in total. The van der Waals surface area contributed by atoms with Crippen LogP contribution in [0.3, 0.4) is 0 Å². The molecule has 4 heteroatoms. The molecular weight excluding hydrogens is 1240 g/mol. The first kappa shape index (κ1) is 65.5. The minimum absolute atomic E-state index is 0.0196. The molecule has 4 saturated carbocycles. The van der Waals surface area contributed by atoms with E-state index in [-0.39, 0.29) is 43.3 Å². The monoisotopic (exact) mass is 1320 g/mol. The largest absolute Gasteiger partial charge is 0.279 e. The van der Waals surface area contributed by atoms with Crippen molar-refractivity contribution in [3.63, 3.8) is 0 Å². The third-order valence-corrected chi connectivity index (χ3v) is 32.2. The summed E-state index contributed by atoms with van der Waals surface area (Å²) in [7, 11) is -1.93. The lowest BCUT2D eigenvalue weighted by Gasteiger charge is -2.54. The number of allylic oxidation sites excluding steroid dienone is 24. The van der Waals surface area contributed by atoms with Crippen molar-refractivity contribution in [3.05, 3.63) is 278 Å². The van der Waals surface area contributed by atoms with Gasteiger partial charge in [0.1, 0.15) is 8.07 Å². The summed E-state index contributed by atoms with van der Waals surface area (Å²) in [5.41, 5.74) is 22.2. The van der Waals surface area contributed by atoms with Gasteiger partial charge in [-0.05, 0) is 179 Å². The summed E-state index contributed by atoms with van der Waals surface area (Å²) in [6.07, 6.45) is 50.4. The van der Waals surface area contributed by atoms with E-state index >= 15 is 0 Å². The van der Waals surface area contributed by atoms with Crippen molar-refractivity contribution in [1.29, 1.82) is 0 Å². The third-order valence-electron chi connectivity index (χ3n) is 25.9. The van der Waals surface area contributed by atoms with Crippen LogP contribution < -0.4 is 0 Å². The predicted octanol–water partition coefficient (Wildman–Crippen LogP) is 21.2. The maximum atomic E-state index is 4.43. The Labute approximate surface area is 602 Å². The van der Waals surface area contributed by atoms with Crippen LogP contribution in [-0.2, 0) is 0 Å². The topological polar surface area (TPSA) is 28.0 Å². The van der Waals surface area contributed by atoms with E-state index < -0.39 is 8.07 Å². The van der Waals surface area contributed by atoms with E-state index in [1.165, 1.54) is 23.1 Å². The van der Waals surface area contributed by atoms with Gasteiger partial charge in [-0.2, -0.15) is 0 Å². The fourth-order valence-electron chi connectivity index (χ4n) is 20.9. The molecule has 8 atom stereocenters. The Hall–Kier alpha value is -10.1. The van der Waals surface area contributed by atoms with Crippen molar-refractivity contribution in [2.75, 3.05) is 13.1 Å². The minimum Gasteiger partial charge on any atom is -0.279 e. The lowest BCUT2D eigenvalue weighted by atomic mass is 9.47. The summed E-state index contributed by atoms with van der Waals surface area (Å²) < 4.78 is 0. The van der Waals surface area contributed by atoms with Gasteiger partial charge >= 0.3 is 0 Å². The molecule has 4 aromatic carbocycles. The first-order chi connectivity index (χ1) is 49.2. The van der Waals surface area contributed by atoms with Crippen molar-refractivity contribution < 1.29 is 0 Å². The fourth-order valence-corrected chi connectivity index (χ4v) is 26.1. The van der Waals surface area contributed by atoms with Crippen molar-refractivity contribution in [2.45, 2.75) is 149 Å². The Kier molecular flexibility index (Phi) is 16.3. The molecule has 12 aliphatic carbocycles. The molecule has 0 aliphatic heterocycles. The van der Waals surface area contributed by atoms with Crippen LogP contribution in [0.25, 0.3) is 0 Å². The summed E-state index contributed by atoms with van der Waals surface area (Å²) >= 11 is 0. The number of rotatable bonds is 7. The zero-order chi connectivity index (χ0) is 69.3. The van der Waals surface area contributed by atoms with Crippen LogP contribution in [0.2, 0.25) is 16.6 Å². The van der Waals surface area contributed by atoms with Crippen molar-refractivity contribution >= 4 is 13.8 Å². The van der Waals surface area contributed by atoms with Gasteiger partial charge in [0.15, 0.2) is 0 Å². The normalized spacial score (nSPS) is 29.0. The first-order valence-electron chi connectivity index (χ1n) is 37.4. The molecule has 0 spiro atoms. The maximum Gasteiger partial charge on any atom is 0.146 e. The van der Waals surface area contributed by atoms with Gasteiger partial charge < -0.3 is 0 Å². The molecule has 0 heterocycles. The summed E-state index contributed by atoms with van der Waals surface area (Å²) in [6.45, 7) is 20.3. The van der Waals surface area contributed by atoms with Crippen LogP contribution in [0.15, 0.2) is 249 Å². The lowest BCUT2D eigenvalue weighted by Crippen LogP contribution is -2.49. The molecule has 494 valence electrons. The molecule has 4 aromatic rings. The van der Waals surface area contributed by atoms with Gasteiger partial charge in [-0.3, -0.25) is 5.01 Å². The molecule has 0 N–H and O–H groups in total. The van der Waals surface area contributed by atoms with E-state index in [9.17, 15) is 0 Å². The highest BCUT2D eigenvalue weighted by Gasteiger charge is 2.68.